The van der Waals surface area contributed by atoms with Gasteiger partial charge in [0.2, 0.25) is 0 Å². The molecule has 1 spiro atoms. The summed E-state index contributed by atoms with van der Waals surface area (Å²) in [6.07, 6.45) is 4.22. The number of fused-ring (bicyclic) bond motifs is 7. The molecule has 2 aliphatic rings. The highest BCUT2D eigenvalue weighted by Gasteiger charge is 2.49. The maximum Gasteiger partial charge on any atom is 0.0561 e. The van der Waals surface area contributed by atoms with Gasteiger partial charge in [-0.05, 0) is 138 Å². The van der Waals surface area contributed by atoms with Crippen LogP contribution in [-0.2, 0) is 18.3 Å². The Balaban J connectivity index is 1.11. The number of hydrogen-bond acceptors (Lipinski definition) is 2. The molecule has 0 saturated heterocycles. The summed E-state index contributed by atoms with van der Waals surface area (Å²) >= 11 is 0. The standard InChI is InChI=1S/C59H45N3/c1-5-18-42(19-6-1)45-22-15-29-49(40-45)61(50-34-35-52-51-30-13-14-31-53(51)62(56(52)41-50)48-27-11-4-12-28-48)55-33-17-21-44-37-39-59(58(44)55)38-36-43-20-16-32-54(57(43)59)60(46-23-7-2-8-24-46)47-25-9-3-10-26-47/h1-35,40-41H,36-39H2/t59-/m1/s1. The number of rotatable bonds is 8. The largest absolute Gasteiger partial charge is 0.310 e. The molecule has 1 heterocycles. The Bertz CT molecular complexity index is 3200. The molecule has 0 amide bonds. The number of aromatic nitrogens is 1. The average Bonchev–Trinajstić information content (AvgIpc) is 4.02. The van der Waals surface area contributed by atoms with Gasteiger partial charge in [0.25, 0.3) is 0 Å². The SMILES string of the molecule is c1ccc(-c2cccc(N(c3ccc4c5ccccc5n(-c5ccccc5)c4c3)c3cccc4c3[C@]3(CCc5cccc(N(c6ccccc6)c6ccccc6)c53)CC4)c2)cc1. The van der Waals surface area contributed by atoms with Gasteiger partial charge in [-0.25, -0.2) is 0 Å². The maximum absolute atomic E-state index is 2.57. The Hall–Kier alpha value is -7.62. The van der Waals surface area contributed by atoms with Gasteiger partial charge in [-0.2, -0.15) is 0 Å². The highest BCUT2D eigenvalue weighted by atomic mass is 15.2. The minimum Gasteiger partial charge on any atom is -0.310 e. The molecule has 0 fully saturated rings. The molecule has 3 nitrogen and oxygen atoms in total. The van der Waals surface area contributed by atoms with Crippen LogP contribution >= 0.6 is 0 Å². The van der Waals surface area contributed by atoms with Crippen molar-refractivity contribution in [2.75, 3.05) is 9.80 Å². The third kappa shape index (κ3) is 5.80. The van der Waals surface area contributed by atoms with Crippen LogP contribution in [0.4, 0.5) is 34.1 Å². The highest BCUT2D eigenvalue weighted by Crippen LogP contribution is 2.60. The van der Waals surface area contributed by atoms with Crippen LogP contribution in [-0.4, -0.2) is 4.57 Å². The number of benzene rings is 9. The van der Waals surface area contributed by atoms with E-state index in [0.29, 0.717) is 0 Å². The predicted octanol–water partition coefficient (Wildman–Crippen LogP) is 15.6. The fraction of sp³-hybridized carbons (Fsp3) is 0.0847. The van der Waals surface area contributed by atoms with E-state index in [0.717, 1.165) is 42.7 Å². The third-order valence-electron chi connectivity index (χ3n) is 13.5. The van der Waals surface area contributed by atoms with Crippen molar-refractivity contribution in [1.82, 2.24) is 4.57 Å². The Morgan fingerprint density at radius 3 is 1.48 bits per heavy atom. The van der Waals surface area contributed by atoms with Gasteiger partial charge in [-0.1, -0.05) is 146 Å². The minimum absolute atomic E-state index is 0.183. The van der Waals surface area contributed by atoms with E-state index in [1.165, 1.54) is 77.9 Å². The van der Waals surface area contributed by atoms with Gasteiger partial charge in [0.05, 0.1) is 22.4 Å². The van der Waals surface area contributed by atoms with Gasteiger partial charge in [-0.3, -0.25) is 0 Å². The first-order chi connectivity index (χ1) is 30.7. The zero-order valence-electron chi connectivity index (χ0n) is 34.5. The number of nitrogens with zero attached hydrogens (tertiary/aromatic N) is 3. The zero-order valence-corrected chi connectivity index (χ0v) is 34.5. The van der Waals surface area contributed by atoms with Crippen molar-refractivity contribution in [1.29, 1.82) is 0 Å². The highest BCUT2D eigenvalue weighted by molar-refractivity contribution is 6.10. The van der Waals surface area contributed by atoms with E-state index in [9.17, 15) is 0 Å². The number of para-hydroxylation sites is 4. The summed E-state index contributed by atoms with van der Waals surface area (Å²) in [5.41, 5.74) is 18.7. The summed E-state index contributed by atoms with van der Waals surface area (Å²) in [5.74, 6) is 0. The average molecular weight is 796 g/mol. The van der Waals surface area contributed by atoms with Crippen molar-refractivity contribution >= 4 is 55.9 Å². The van der Waals surface area contributed by atoms with Crippen LogP contribution < -0.4 is 9.80 Å². The maximum atomic E-state index is 2.57. The molecule has 1 atom stereocenters. The van der Waals surface area contributed by atoms with E-state index in [2.05, 4.69) is 239 Å². The van der Waals surface area contributed by atoms with Crippen molar-refractivity contribution in [3.8, 4) is 16.8 Å². The monoisotopic (exact) mass is 795 g/mol. The molecule has 0 saturated carbocycles. The lowest BCUT2D eigenvalue weighted by molar-refractivity contribution is 0.508. The first-order valence-electron chi connectivity index (χ1n) is 21.9. The van der Waals surface area contributed by atoms with E-state index in [4.69, 9.17) is 0 Å². The molecule has 62 heavy (non-hydrogen) atoms. The van der Waals surface area contributed by atoms with Crippen LogP contribution in [0.3, 0.4) is 0 Å². The molecular weight excluding hydrogens is 751 g/mol. The Labute approximate surface area is 363 Å². The molecule has 296 valence electrons. The van der Waals surface area contributed by atoms with Gasteiger partial charge >= 0.3 is 0 Å². The lowest BCUT2D eigenvalue weighted by atomic mass is 9.74. The van der Waals surface area contributed by atoms with Crippen LogP contribution in [0.25, 0.3) is 38.6 Å². The molecule has 0 N–H and O–H groups in total. The van der Waals surface area contributed by atoms with E-state index >= 15 is 0 Å². The zero-order chi connectivity index (χ0) is 41.0. The Kier molecular flexibility index (Phi) is 8.67. The molecule has 10 aromatic rings. The number of anilines is 6. The van der Waals surface area contributed by atoms with Crippen LogP contribution in [0.15, 0.2) is 224 Å². The van der Waals surface area contributed by atoms with Crippen molar-refractivity contribution in [2.45, 2.75) is 31.1 Å². The molecule has 12 rings (SSSR count). The second-order valence-corrected chi connectivity index (χ2v) is 16.9. The topological polar surface area (TPSA) is 11.4 Å². The smallest absolute Gasteiger partial charge is 0.0561 e. The van der Waals surface area contributed by atoms with E-state index in [1.807, 2.05) is 0 Å². The second kappa shape index (κ2) is 14.8. The normalized spacial score (nSPS) is 15.2. The summed E-state index contributed by atoms with van der Waals surface area (Å²) in [5, 5.41) is 2.50. The minimum atomic E-state index is -0.183. The molecule has 1 aromatic heterocycles. The number of hydrogen-bond donors (Lipinski definition) is 0. The summed E-state index contributed by atoms with van der Waals surface area (Å²) < 4.78 is 2.44. The summed E-state index contributed by atoms with van der Waals surface area (Å²) in [6.45, 7) is 0. The van der Waals surface area contributed by atoms with Crippen molar-refractivity contribution < 1.29 is 0 Å². The molecule has 3 heteroatoms. The van der Waals surface area contributed by atoms with Gasteiger partial charge < -0.3 is 14.4 Å². The molecule has 0 bridgehead atoms. The molecule has 2 aliphatic carbocycles. The van der Waals surface area contributed by atoms with Gasteiger partial charge in [0.1, 0.15) is 0 Å². The van der Waals surface area contributed by atoms with Crippen LogP contribution in [0, 0.1) is 0 Å². The Morgan fingerprint density at radius 2 is 0.839 bits per heavy atom. The van der Waals surface area contributed by atoms with Gasteiger partial charge in [0.15, 0.2) is 0 Å². The van der Waals surface area contributed by atoms with Crippen LogP contribution in [0.2, 0.25) is 0 Å². The molecule has 9 aromatic carbocycles. The van der Waals surface area contributed by atoms with Gasteiger partial charge in [0, 0.05) is 44.6 Å². The first-order valence-corrected chi connectivity index (χ1v) is 21.9. The van der Waals surface area contributed by atoms with Crippen molar-refractivity contribution in [3.63, 3.8) is 0 Å². The summed E-state index contributed by atoms with van der Waals surface area (Å²) in [4.78, 5) is 5.06. The van der Waals surface area contributed by atoms with Crippen molar-refractivity contribution in [2.24, 2.45) is 0 Å². The lowest BCUT2D eigenvalue weighted by Crippen LogP contribution is -2.27. The van der Waals surface area contributed by atoms with Crippen molar-refractivity contribution in [3.05, 3.63) is 247 Å². The molecule has 0 radical (unpaired) electrons. The molecule has 0 aliphatic heterocycles. The fourth-order valence-electron chi connectivity index (χ4n) is 10.9. The van der Waals surface area contributed by atoms with Gasteiger partial charge in [-0.15, -0.1) is 0 Å². The van der Waals surface area contributed by atoms with E-state index < -0.39 is 0 Å². The first kappa shape index (κ1) is 36.2. The fourth-order valence-corrected chi connectivity index (χ4v) is 10.9. The quantitative estimate of drug-likeness (QED) is 0.152. The second-order valence-electron chi connectivity index (χ2n) is 16.9. The lowest BCUT2D eigenvalue weighted by Gasteiger charge is -2.37. The Morgan fingerprint density at radius 1 is 0.355 bits per heavy atom. The molecule has 0 unspecified atom stereocenters. The number of aryl methyl sites for hydroxylation is 2. The predicted molar refractivity (Wildman–Crippen MR) is 259 cm³/mol. The summed E-state index contributed by atoms with van der Waals surface area (Å²) in [6, 6.07) is 82.6. The third-order valence-corrected chi connectivity index (χ3v) is 13.5. The molecular formula is C59H45N3. The van der Waals surface area contributed by atoms with E-state index in [1.54, 1.807) is 0 Å². The summed E-state index contributed by atoms with van der Waals surface area (Å²) in [7, 11) is 0. The van der Waals surface area contributed by atoms with E-state index in [-0.39, 0.29) is 5.41 Å². The van der Waals surface area contributed by atoms with Crippen LogP contribution in [0.5, 0.6) is 0 Å². The van der Waals surface area contributed by atoms with Crippen LogP contribution in [0.1, 0.15) is 35.1 Å².